The van der Waals surface area contributed by atoms with Gasteiger partial charge in [-0.2, -0.15) is 0 Å². The summed E-state index contributed by atoms with van der Waals surface area (Å²) in [6, 6.07) is 11.4. The van der Waals surface area contributed by atoms with Crippen molar-refractivity contribution in [2.75, 3.05) is 13.9 Å². The third-order valence-corrected chi connectivity index (χ3v) is 7.91. The maximum atomic E-state index is 12.6. The number of thioether (sulfide) groups is 1. The predicted molar refractivity (Wildman–Crippen MR) is 138 cm³/mol. The Bertz CT molecular complexity index is 1110. The van der Waals surface area contributed by atoms with Crippen LogP contribution in [0.5, 0.6) is 17.2 Å². The van der Waals surface area contributed by atoms with Gasteiger partial charge in [0.05, 0.1) is 7.11 Å². The number of carboxylic acids is 1. The first-order valence-corrected chi connectivity index (χ1v) is 13.1. The first-order valence-electron chi connectivity index (χ1n) is 11.8. The van der Waals surface area contributed by atoms with Crippen LogP contribution in [0.3, 0.4) is 0 Å². The monoisotopic (exact) mass is 518 g/mol. The number of hydrogen-bond acceptors (Lipinski definition) is 7. The zero-order valence-electron chi connectivity index (χ0n) is 20.2. The molecule has 2 aliphatic rings. The highest BCUT2D eigenvalue weighted by atomic mass is 35.5. The molecule has 1 atom stereocenters. The average molecular weight is 519 g/mol. The molecule has 0 spiro atoms. The number of unbranched alkanes of at least 4 members (excludes halogenated alkanes) is 1. The Labute approximate surface area is 215 Å². The number of carbonyl (C=O) groups is 1. The maximum Gasteiger partial charge on any atom is 0.354 e. The fourth-order valence-electron chi connectivity index (χ4n) is 4.47. The number of ether oxygens (including phenoxy) is 3. The largest absolute Gasteiger partial charge is 0.497 e. The first-order chi connectivity index (χ1) is 16.9. The Morgan fingerprint density at radius 1 is 1.23 bits per heavy atom. The van der Waals surface area contributed by atoms with Crippen molar-refractivity contribution >= 4 is 29.3 Å². The van der Waals surface area contributed by atoms with Gasteiger partial charge in [-0.1, -0.05) is 44.0 Å². The van der Waals surface area contributed by atoms with E-state index >= 15 is 0 Å². The first kappa shape index (κ1) is 25.4. The lowest BCUT2D eigenvalue weighted by Crippen LogP contribution is -2.52. The van der Waals surface area contributed by atoms with E-state index in [9.17, 15) is 9.90 Å². The molecule has 2 aliphatic heterocycles. The highest BCUT2D eigenvalue weighted by Gasteiger charge is 2.46. The minimum absolute atomic E-state index is 0.155. The molecular weight excluding hydrogens is 488 g/mol. The molecule has 35 heavy (non-hydrogen) atoms. The van der Waals surface area contributed by atoms with Crippen molar-refractivity contribution in [1.82, 2.24) is 10.2 Å². The number of methoxy groups -OCH3 is 1. The van der Waals surface area contributed by atoms with E-state index < -0.39 is 11.6 Å². The van der Waals surface area contributed by atoms with Crippen LogP contribution in [0.1, 0.15) is 50.7 Å². The van der Waals surface area contributed by atoms with Crippen LogP contribution >= 0.6 is 23.4 Å². The molecule has 1 unspecified atom stereocenters. The van der Waals surface area contributed by atoms with E-state index in [1.54, 1.807) is 13.2 Å². The molecule has 0 bridgehead atoms. The molecule has 0 fully saturated rings. The van der Waals surface area contributed by atoms with E-state index in [-0.39, 0.29) is 12.5 Å². The van der Waals surface area contributed by atoms with Gasteiger partial charge in [0.15, 0.2) is 17.2 Å². The highest BCUT2D eigenvalue weighted by Crippen LogP contribution is 2.43. The summed E-state index contributed by atoms with van der Waals surface area (Å²) in [6.07, 6.45) is 3.53. The number of aliphatic carboxylic acids is 1. The van der Waals surface area contributed by atoms with Gasteiger partial charge >= 0.3 is 5.97 Å². The number of carboxylic acid groups (broad SMARTS) is 1. The summed E-state index contributed by atoms with van der Waals surface area (Å²) in [4.78, 5) is 14.6. The lowest BCUT2D eigenvalue weighted by Gasteiger charge is -2.40. The molecule has 0 aliphatic carbocycles. The second-order valence-electron chi connectivity index (χ2n) is 8.62. The van der Waals surface area contributed by atoms with Gasteiger partial charge in [-0.25, -0.2) is 4.79 Å². The van der Waals surface area contributed by atoms with E-state index in [1.165, 1.54) is 11.8 Å². The number of rotatable bonds is 11. The third kappa shape index (κ3) is 5.28. The highest BCUT2D eigenvalue weighted by molar-refractivity contribution is 8.02. The minimum atomic E-state index is -0.960. The van der Waals surface area contributed by atoms with Crippen molar-refractivity contribution in [3.05, 3.63) is 63.3 Å². The predicted octanol–water partition coefficient (Wildman–Crippen LogP) is 5.97. The molecule has 2 aromatic carbocycles. The van der Waals surface area contributed by atoms with Crippen LogP contribution in [-0.4, -0.2) is 35.5 Å². The summed E-state index contributed by atoms with van der Waals surface area (Å²) < 4.78 is 16.2. The summed E-state index contributed by atoms with van der Waals surface area (Å²) in [5.74, 6) is 1.70. The van der Waals surface area contributed by atoms with E-state index in [4.69, 9.17) is 25.8 Å². The van der Waals surface area contributed by atoms with Gasteiger partial charge < -0.3 is 29.5 Å². The second kappa shape index (κ2) is 10.9. The Balaban J connectivity index is 1.67. The summed E-state index contributed by atoms with van der Waals surface area (Å²) in [6.45, 7) is 4.73. The number of halogens is 1. The van der Waals surface area contributed by atoms with Gasteiger partial charge in [-0.05, 0) is 48.6 Å². The topological polar surface area (TPSA) is 80.3 Å². The molecule has 0 amide bonds. The fraction of sp³-hybridized carbons (Fsp3) is 0.423. The molecule has 0 radical (unpaired) electrons. The van der Waals surface area contributed by atoms with Crippen molar-refractivity contribution in [2.24, 2.45) is 0 Å². The van der Waals surface area contributed by atoms with Crippen molar-refractivity contribution in [1.29, 1.82) is 0 Å². The van der Waals surface area contributed by atoms with Crippen LogP contribution in [0.4, 0.5) is 0 Å². The molecule has 188 valence electrons. The zero-order valence-corrected chi connectivity index (χ0v) is 21.8. The molecule has 0 saturated heterocycles. The van der Waals surface area contributed by atoms with Crippen molar-refractivity contribution in [2.45, 2.75) is 57.5 Å². The Morgan fingerprint density at radius 2 is 1.94 bits per heavy atom. The van der Waals surface area contributed by atoms with E-state index in [1.807, 2.05) is 35.2 Å². The van der Waals surface area contributed by atoms with Gasteiger partial charge in [0.25, 0.3) is 0 Å². The smallest absolute Gasteiger partial charge is 0.354 e. The standard InChI is InChI=1S/C26H31ClN2O5S/c1-4-6-11-26(5-2)28-24(35-15-17-7-9-19(32-3)10-8-17)23(25(30)31)29(26)14-18-12-21-22(13-20(18)27)34-16-33-21/h7-10,12-13,28H,4-6,11,14-16H2,1-3H3,(H,30,31). The van der Waals surface area contributed by atoms with Crippen LogP contribution < -0.4 is 19.5 Å². The fourth-order valence-corrected chi connectivity index (χ4v) is 5.79. The number of fused-ring (bicyclic) bond motifs is 1. The molecule has 2 aromatic rings. The van der Waals surface area contributed by atoms with Crippen molar-refractivity contribution in [3.63, 3.8) is 0 Å². The zero-order chi connectivity index (χ0) is 25.0. The van der Waals surface area contributed by atoms with Crippen LogP contribution in [0.15, 0.2) is 47.1 Å². The van der Waals surface area contributed by atoms with E-state index in [0.717, 1.165) is 42.6 Å². The van der Waals surface area contributed by atoms with Crippen molar-refractivity contribution in [3.8, 4) is 17.2 Å². The normalized spacial score (nSPS) is 18.7. The van der Waals surface area contributed by atoms with Gasteiger partial charge in [-0.15, -0.1) is 11.8 Å². The molecule has 7 nitrogen and oxygen atoms in total. The van der Waals surface area contributed by atoms with Crippen molar-refractivity contribution < 1.29 is 24.1 Å². The Hall–Kier alpha value is -2.71. The molecule has 0 saturated carbocycles. The summed E-state index contributed by atoms with van der Waals surface area (Å²) in [5, 5.41) is 15.1. The summed E-state index contributed by atoms with van der Waals surface area (Å²) in [7, 11) is 1.64. The molecule has 0 aromatic heterocycles. The van der Waals surface area contributed by atoms with Gasteiger partial charge in [-0.3, -0.25) is 0 Å². The minimum Gasteiger partial charge on any atom is -0.497 e. The van der Waals surface area contributed by atoms with E-state index in [0.29, 0.717) is 33.8 Å². The average Bonchev–Trinajstić information content (AvgIpc) is 3.44. The maximum absolute atomic E-state index is 12.6. The lowest BCUT2D eigenvalue weighted by molar-refractivity contribution is -0.135. The van der Waals surface area contributed by atoms with Gasteiger partial charge in [0, 0.05) is 23.4 Å². The van der Waals surface area contributed by atoms with Crippen LogP contribution in [0.25, 0.3) is 0 Å². The SMILES string of the molecule is CCCCC1(CC)NC(SCc2ccc(OC)cc2)=C(C(=O)O)N1Cc1cc2c(cc1Cl)OCO2. The molecule has 2 N–H and O–H groups in total. The number of nitrogens with zero attached hydrogens (tertiary/aromatic N) is 1. The van der Waals surface area contributed by atoms with Crippen LogP contribution in [0, 0.1) is 0 Å². The molecule has 4 rings (SSSR count). The lowest BCUT2D eigenvalue weighted by atomic mass is 9.97. The molecular formula is C26H31ClN2O5S. The Morgan fingerprint density at radius 3 is 2.57 bits per heavy atom. The van der Waals surface area contributed by atoms with E-state index in [2.05, 4.69) is 19.2 Å². The molecule has 2 heterocycles. The van der Waals surface area contributed by atoms with Crippen LogP contribution in [-0.2, 0) is 17.1 Å². The quantitative estimate of drug-likeness (QED) is 0.377. The molecule has 9 heteroatoms. The number of hydrogen-bond donors (Lipinski definition) is 2. The summed E-state index contributed by atoms with van der Waals surface area (Å²) in [5.41, 5.74) is 1.64. The second-order valence-corrected chi connectivity index (χ2v) is 10.0. The number of benzene rings is 2. The van der Waals surface area contributed by atoms with Gasteiger partial charge in [0.2, 0.25) is 6.79 Å². The van der Waals surface area contributed by atoms with Gasteiger partial charge in [0.1, 0.15) is 16.4 Å². The van der Waals surface area contributed by atoms with Crippen LogP contribution in [0.2, 0.25) is 5.02 Å². The Kier molecular flexibility index (Phi) is 7.91. The third-order valence-electron chi connectivity index (χ3n) is 6.49. The number of nitrogens with one attached hydrogen (secondary N) is 1. The summed E-state index contributed by atoms with van der Waals surface area (Å²) >= 11 is 8.10.